The lowest BCUT2D eigenvalue weighted by atomic mass is 10.2. The van der Waals surface area contributed by atoms with E-state index in [1.165, 1.54) is 18.4 Å². The van der Waals surface area contributed by atoms with E-state index in [1.54, 1.807) is 19.2 Å². The Kier molecular flexibility index (Phi) is 5.78. The molecule has 0 radical (unpaired) electrons. The summed E-state index contributed by atoms with van der Waals surface area (Å²) in [6, 6.07) is 5.15. The molecule has 1 rings (SSSR count). The molecule has 0 saturated heterocycles. The number of methoxy groups -OCH3 is 1. The van der Waals surface area contributed by atoms with Crippen LogP contribution in [0.2, 0.25) is 0 Å². The zero-order valence-electron chi connectivity index (χ0n) is 11.8. The average molecular weight is 287 g/mol. The van der Waals surface area contributed by atoms with Gasteiger partial charge in [0.2, 0.25) is 10.0 Å². The Morgan fingerprint density at radius 2 is 1.89 bits per heavy atom. The van der Waals surface area contributed by atoms with E-state index in [0.29, 0.717) is 25.4 Å². The fourth-order valence-electron chi connectivity index (χ4n) is 1.52. The summed E-state index contributed by atoms with van der Waals surface area (Å²) >= 11 is 0. The van der Waals surface area contributed by atoms with Gasteiger partial charge in [-0.3, -0.25) is 0 Å². The van der Waals surface area contributed by atoms with E-state index < -0.39 is 10.0 Å². The third-order valence-corrected chi connectivity index (χ3v) is 4.44. The van der Waals surface area contributed by atoms with Crippen LogP contribution in [0.25, 0.3) is 0 Å². The third-order valence-electron chi connectivity index (χ3n) is 2.61. The lowest BCUT2D eigenvalue weighted by molar-refractivity contribution is 0.171. The monoisotopic (exact) mass is 287 g/mol. The van der Waals surface area contributed by atoms with Crippen LogP contribution >= 0.6 is 0 Å². The molecule has 0 aromatic heterocycles. The van der Waals surface area contributed by atoms with Crippen LogP contribution in [0.1, 0.15) is 12.0 Å². The highest BCUT2D eigenvalue weighted by molar-refractivity contribution is 7.89. The van der Waals surface area contributed by atoms with Crippen LogP contribution in [0, 0.1) is 6.92 Å². The number of hydrogen-bond acceptors (Lipinski definition) is 4. The van der Waals surface area contributed by atoms with E-state index in [4.69, 9.17) is 9.47 Å². The van der Waals surface area contributed by atoms with Crippen molar-refractivity contribution in [2.45, 2.75) is 18.2 Å². The fourth-order valence-corrected chi connectivity index (χ4v) is 2.63. The number of nitrogens with zero attached hydrogens (tertiary/aromatic N) is 1. The van der Waals surface area contributed by atoms with Gasteiger partial charge in [0.05, 0.1) is 6.61 Å². The molecule has 1 aromatic rings. The summed E-state index contributed by atoms with van der Waals surface area (Å²) in [5, 5.41) is 0. The first-order chi connectivity index (χ1) is 8.89. The number of rotatable bonds is 7. The van der Waals surface area contributed by atoms with Crippen LogP contribution in [0.4, 0.5) is 0 Å². The molecular weight excluding hydrogens is 266 g/mol. The molecule has 0 fully saturated rings. The van der Waals surface area contributed by atoms with E-state index >= 15 is 0 Å². The Morgan fingerprint density at radius 3 is 2.47 bits per heavy atom. The summed E-state index contributed by atoms with van der Waals surface area (Å²) in [6.45, 7) is 2.86. The Morgan fingerprint density at radius 1 is 1.21 bits per heavy atom. The highest BCUT2D eigenvalue weighted by Crippen LogP contribution is 2.27. The molecule has 19 heavy (non-hydrogen) atoms. The van der Waals surface area contributed by atoms with Crippen LogP contribution in [-0.2, 0) is 14.8 Å². The molecule has 6 heteroatoms. The Hall–Kier alpha value is -1.11. The van der Waals surface area contributed by atoms with E-state index in [2.05, 4.69) is 0 Å². The van der Waals surface area contributed by atoms with Crippen molar-refractivity contribution in [1.82, 2.24) is 4.31 Å². The molecule has 0 amide bonds. The lowest BCUT2D eigenvalue weighted by Gasteiger charge is -2.16. The van der Waals surface area contributed by atoms with Gasteiger partial charge in [-0.25, -0.2) is 12.7 Å². The maximum atomic E-state index is 12.2. The molecule has 0 spiro atoms. The van der Waals surface area contributed by atoms with Crippen molar-refractivity contribution in [2.24, 2.45) is 0 Å². The number of aryl methyl sites for hydroxylation is 1. The van der Waals surface area contributed by atoms with Gasteiger partial charge in [0, 0.05) is 34.2 Å². The molecule has 1 aromatic carbocycles. The van der Waals surface area contributed by atoms with Crippen molar-refractivity contribution < 1.29 is 17.9 Å². The molecule has 0 aliphatic carbocycles. The van der Waals surface area contributed by atoms with Crippen molar-refractivity contribution in [1.29, 1.82) is 0 Å². The Bertz CT molecular complexity index is 511. The second-order valence-corrected chi connectivity index (χ2v) is 6.55. The predicted molar refractivity (Wildman–Crippen MR) is 74.0 cm³/mol. The largest absolute Gasteiger partial charge is 0.492 e. The zero-order chi connectivity index (χ0) is 14.5. The number of hydrogen-bond donors (Lipinski definition) is 0. The van der Waals surface area contributed by atoms with Crippen molar-refractivity contribution in [3.8, 4) is 5.75 Å². The minimum Gasteiger partial charge on any atom is -0.492 e. The van der Waals surface area contributed by atoms with Gasteiger partial charge >= 0.3 is 0 Å². The van der Waals surface area contributed by atoms with Crippen LogP contribution < -0.4 is 4.74 Å². The van der Waals surface area contributed by atoms with Crippen molar-refractivity contribution in [3.05, 3.63) is 23.8 Å². The summed E-state index contributed by atoms with van der Waals surface area (Å²) in [6.07, 6.45) is 0.714. The van der Waals surface area contributed by atoms with Crippen molar-refractivity contribution in [2.75, 3.05) is 34.4 Å². The summed E-state index contributed by atoms with van der Waals surface area (Å²) in [5.74, 6) is 0.385. The van der Waals surface area contributed by atoms with Gasteiger partial charge in [-0.1, -0.05) is 6.07 Å². The second kappa shape index (κ2) is 6.88. The third kappa shape index (κ3) is 4.19. The predicted octanol–water partition coefficient (Wildman–Crippen LogP) is 1.66. The van der Waals surface area contributed by atoms with E-state index in [9.17, 15) is 8.42 Å². The zero-order valence-corrected chi connectivity index (χ0v) is 12.7. The SMILES string of the molecule is COCCCOc1ccc(C)cc1S(=O)(=O)N(C)C. The van der Waals surface area contributed by atoms with Crippen LogP contribution in [0.5, 0.6) is 5.75 Å². The second-order valence-electron chi connectivity index (χ2n) is 4.43. The van der Waals surface area contributed by atoms with Gasteiger partial charge in [0.1, 0.15) is 10.6 Å². The fraction of sp³-hybridized carbons (Fsp3) is 0.538. The summed E-state index contributed by atoms with van der Waals surface area (Å²) in [5.41, 5.74) is 0.879. The number of sulfonamides is 1. The first-order valence-electron chi connectivity index (χ1n) is 6.04. The molecule has 0 N–H and O–H groups in total. The van der Waals surface area contributed by atoms with Crippen LogP contribution in [0.3, 0.4) is 0 Å². The Labute approximate surface area is 115 Å². The van der Waals surface area contributed by atoms with Gasteiger partial charge in [-0.15, -0.1) is 0 Å². The molecule has 0 aliphatic rings. The van der Waals surface area contributed by atoms with Gasteiger partial charge in [0.25, 0.3) is 0 Å². The molecule has 108 valence electrons. The average Bonchev–Trinajstić information content (AvgIpc) is 2.35. The highest BCUT2D eigenvalue weighted by Gasteiger charge is 2.22. The maximum Gasteiger partial charge on any atom is 0.246 e. The van der Waals surface area contributed by atoms with E-state index in [1.807, 2.05) is 13.0 Å². The molecule has 0 aliphatic heterocycles. The molecule has 0 bridgehead atoms. The Balaban J connectivity index is 2.99. The first kappa shape index (κ1) is 15.9. The van der Waals surface area contributed by atoms with E-state index in [-0.39, 0.29) is 4.90 Å². The van der Waals surface area contributed by atoms with Crippen LogP contribution in [-0.4, -0.2) is 47.1 Å². The van der Waals surface area contributed by atoms with E-state index in [0.717, 1.165) is 5.56 Å². The molecule has 0 heterocycles. The summed E-state index contributed by atoms with van der Waals surface area (Å²) in [7, 11) is 1.14. The molecule has 0 unspecified atom stereocenters. The van der Waals surface area contributed by atoms with Crippen molar-refractivity contribution in [3.63, 3.8) is 0 Å². The summed E-state index contributed by atoms with van der Waals surface area (Å²) in [4.78, 5) is 0.204. The smallest absolute Gasteiger partial charge is 0.246 e. The lowest BCUT2D eigenvalue weighted by Crippen LogP contribution is -2.23. The molecule has 0 atom stereocenters. The molecular formula is C13H21NO4S. The normalized spacial score (nSPS) is 11.8. The van der Waals surface area contributed by atoms with Gasteiger partial charge < -0.3 is 9.47 Å². The number of ether oxygens (including phenoxy) is 2. The minimum absolute atomic E-state index is 0.204. The quantitative estimate of drug-likeness (QED) is 0.716. The van der Waals surface area contributed by atoms with Gasteiger partial charge in [0.15, 0.2) is 0 Å². The highest BCUT2D eigenvalue weighted by atomic mass is 32.2. The van der Waals surface area contributed by atoms with Gasteiger partial charge in [-0.2, -0.15) is 0 Å². The first-order valence-corrected chi connectivity index (χ1v) is 7.48. The van der Waals surface area contributed by atoms with Crippen LogP contribution in [0.15, 0.2) is 23.1 Å². The van der Waals surface area contributed by atoms with Crippen molar-refractivity contribution >= 4 is 10.0 Å². The molecule has 5 nitrogen and oxygen atoms in total. The maximum absolute atomic E-state index is 12.2. The number of benzene rings is 1. The summed E-state index contributed by atoms with van der Waals surface area (Å²) < 4.78 is 36.1. The topological polar surface area (TPSA) is 55.8 Å². The molecule has 0 saturated carbocycles. The standard InChI is InChI=1S/C13H21NO4S/c1-11-6-7-12(18-9-5-8-17-4)13(10-11)19(15,16)14(2)3/h6-7,10H,5,8-9H2,1-4H3. The van der Waals surface area contributed by atoms with Gasteiger partial charge in [-0.05, 0) is 24.6 Å². The minimum atomic E-state index is -3.50.